The van der Waals surface area contributed by atoms with Crippen molar-refractivity contribution in [2.45, 2.75) is 12.3 Å². The van der Waals surface area contributed by atoms with Gasteiger partial charge in [0.15, 0.2) is 11.5 Å². The maximum absolute atomic E-state index is 13.0. The van der Waals surface area contributed by atoms with Crippen LogP contribution in [0.4, 0.5) is 5.69 Å². The molecule has 1 saturated heterocycles. The summed E-state index contributed by atoms with van der Waals surface area (Å²) in [4.78, 5) is 34.4. The van der Waals surface area contributed by atoms with Crippen molar-refractivity contribution < 1.29 is 28.5 Å². The Morgan fingerprint density at radius 3 is 2.71 bits per heavy atom. The molecule has 0 unspecified atom stereocenters. The van der Waals surface area contributed by atoms with Crippen molar-refractivity contribution in [3.05, 3.63) is 59.2 Å². The molecule has 0 saturated carbocycles. The third-order valence-corrected chi connectivity index (χ3v) is 7.78. The fourth-order valence-corrected chi connectivity index (χ4v) is 5.95. The van der Waals surface area contributed by atoms with Crippen molar-refractivity contribution >= 4 is 51.2 Å². The number of halogens is 1. The van der Waals surface area contributed by atoms with Gasteiger partial charge in [0, 0.05) is 17.5 Å². The number of alkyl halides is 1. The van der Waals surface area contributed by atoms with E-state index in [1.54, 1.807) is 25.3 Å². The number of aromatic nitrogens is 2. The van der Waals surface area contributed by atoms with Crippen LogP contribution in [-0.4, -0.2) is 48.2 Å². The molecular weight excluding hydrogens is 510 g/mol. The van der Waals surface area contributed by atoms with Crippen molar-refractivity contribution in [3.63, 3.8) is 0 Å². The Morgan fingerprint density at radius 1 is 1.05 bits per heavy atom. The molecule has 3 aromatic carbocycles. The van der Waals surface area contributed by atoms with Crippen LogP contribution in [0, 0.1) is 11.8 Å². The van der Waals surface area contributed by atoms with E-state index in [9.17, 15) is 9.59 Å². The maximum atomic E-state index is 13.0. The number of ether oxygens (including phenoxy) is 4. The van der Waals surface area contributed by atoms with E-state index in [2.05, 4.69) is 5.32 Å². The third-order valence-electron chi connectivity index (χ3n) is 7.54. The van der Waals surface area contributed by atoms with Crippen LogP contribution in [0.1, 0.15) is 22.6 Å². The van der Waals surface area contributed by atoms with Crippen molar-refractivity contribution in [2.75, 3.05) is 31.7 Å². The average molecular weight is 532 g/mol. The van der Waals surface area contributed by atoms with E-state index >= 15 is 0 Å². The number of esters is 1. The number of amides is 1. The van der Waals surface area contributed by atoms with Gasteiger partial charge in [0.1, 0.15) is 17.1 Å². The Bertz CT molecular complexity index is 1660. The number of nitrogens with one attached hydrogen (secondary N) is 1. The fraction of sp³-hybridized carbons (Fsp3) is 0.286. The molecule has 38 heavy (non-hydrogen) atoms. The molecule has 192 valence electrons. The van der Waals surface area contributed by atoms with Gasteiger partial charge in [0.2, 0.25) is 12.7 Å². The molecule has 3 atom stereocenters. The first-order valence-corrected chi connectivity index (χ1v) is 12.8. The second kappa shape index (κ2) is 8.73. The minimum Gasteiger partial charge on any atom is -0.494 e. The highest BCUT2D eigenvalue weighted by Crippen LogP contribution is 2.51. The highest BCUT2D eigenvalue weighted by molar-refractivity contribution is 6.29. The highest BCUT2D eigenvalue weighted by atomic mass is 35.5. The zero-order valence-electron chi connectivity index (χ0n) is 20.3. The lowest BCUT2D eigenvalue weighted by Crippen LogP contribution is -2.31. The molecule has 10 heteroatoms. The molecule has 1 aliphatic carbocycles. The minimum absolute atomic E-state index is 0.0536. The van der Waals surface area contributed by atoms with Crippen molar-refractivity contribution in [2.24, 2.45) is 11.8 Å². The summed E-state index contributed by atoms with van der Waals surface area (Å²) < 4.78 is 22.6. The number of hydrogen-bond donors (Lipinski definition) is 1. The lowest BCUT2D eigenvalue weighted by Gasteiger charge is -2.33. The Labute approximate surface area is 222 Å². The SMILES string of the molecule is COc1cc([C@@H]2c3cc4c(cc3C[C@H]3COC(=O)[C@@H]32)OCO4)cc2nc3cc(NC(=O)CCl)ccc3nc12. The Hall–Kier alpha value is -4.11. The third kappa shape index (κ3) is 3.60. The van der Waals surface area contributed by atoms with Gasteiger partial charge in [-0.15, -0.1) is 11.6 Å². The van der Waals surface area contributed by atoms with Gasteiger partial charge in [0.05, 0.1) is 36.2 Å². The van der Waals surface area contributed by atoms with Crippen LogP contribution in [-0.2, 0) is 20.7 Å². The molecule has 9 nitrogen and oxygen atoms in total. The highest BCUT2D eigenvalue weighted by Gasteiger charge is 2.48. The molecular formula is C28H22ClN3O6. The van der Waals surface area contributed by atoms with Gasteiger partial charge in [-0.2, -0.15) is 0 Å². The number of benzene rings is 3. The van der Waals surface area contributed by atoms with Gasteiger partial charge in [-0.05, 0) is 65.6 Å². The van der Waals surface area contributed by atoms with E-state index in [4.69, 9.17) is 40.5 Å². The number of hydrogen-bond acceptors (Lipinski definition) is 8. The predicted molar refractivity (Wildman–Crippen MR) is 139 cm³/mol. The van der Waals surface area contributed by atoms with Gasteiger partial charge in [-0.1, -0.05) is 0 Å². The van der Waals surface area contributed by atoms with Crippen LogP contribution in [0.3, 0.4) is 0 Å². The summed E-state index contributed by atoms with van der Waals surface area (Å²) in [7, 11) is 1.59. The molecule has 3 heterocycles. The minimum atomic E-state index is -0.337. The first-order chi connectivity index (χ1) is 18.5. The number of anilines is 1. The number of nitrogens with zero attached hydrogens (tertiary/aromatic N) is 2. The number of carbonyl (C=O) groups is 2. The fourth-order valence-electron chi connectivity index (χ4n) is 5.88. The molecule has 4 aromatic rings. The molecule has 1 N–H and O–H groups in total. The van der Waals surface area contributed by atoms with Crippen LogP contribution < -0.4 is 19.5 Å². The molecule has 0 radical (unpaired) electrons. The Balaban J connectivity index is 1.41. The molecule has 3 aliphatic rings. The van der Waals surface area contributed by atoms with E-state index in [0.717, 1.165) is 28.9 Å². The van der Waals surface area contributed by atoms with Gasteiger partial charge < -0.3 is 24.3 Å². The average Bonchev–Trinajstić information content (AvgIpc) is 3.54. The molecule has 7 rings (SSSR count). The second-order valence-electron chi connectivity index (χ2n) is 9.70. The van der Waals surface area contributed by atoms with Crippen LogP contribution >= 0.6 is 11.6 Å². The van der Waals surface area contributed by atoms with E-state index in [-0.39, 0.29) is 42.3 Å². The van der Waals surface area contributed by atoms with Crippen LogP contribution in [0.5, 0.6) is 17.2 Å². The summed E-state index contributed by atoms with van der Waals surface area (Å²) in [6.07, 6.45) is 0.727. The molecule has 2 aliphatic heterocycles. The van der Waals surface area contributed by atoms with Gasteiger partial charge in [0.25, 0.3) is 0 Å². The van der Waals surface area contributed by atoms with Crippen molar-refractivity contribution in [3.8, 4) is 17.2 Å². The van der Waals surface area contributed by atoms with Crippen LogP contribution in [0.25, 0.3) is 22.1 Å². The largest absolute Gasteiger partial charge is 0.494 e. The summed E-state index contributed by atoms with van der Waals surface area (Å²) in [6, 6.07) is 13.2. The number of rotatable bonds is 4. The quantitative estimate of drug-likeness (QED) is 0.237. The van der Waals surface area contributed by atoms with Gasteiger partial charge >= 0.3 is 5.97 Å². The van der Waals surface area contributed by atoms with Crippen molar-refractivity contribution in [1.82, 2.24) is 9.97 Å². The summed E-state index contributed by atoms with van der Waals surface area (Å²) in [5.74, 6) is 0.732. The molecule has 1 amide bonds. The van der Waals surface area contributed by atoms with Gasteiger partial charge in [-0.3, -0.25) is 9.59 Å². The summed E-state index contributed by atoms with van der Waals surface area (Å²) in [6.45, 7) is 0.567. The summed E-state index contributed by atoms with van der Waals surface area (Å²) in [5.41, 5.74) is 6.06. The van der Waals surface area contributed by atoms with E-state index < -0.39 is 0 Å². The lowest BCUT2D eigenvalue weighted by molar-refractivity contribution is -0.141. The van der Waals surface area contributed by atoms with E-state index in [1.807, 2.05) is 24.3 Å². The standard InChI is InChI=1S/C28H22ClN3O6/c1-35-23-7-14(5-20-27(23)32-18-3-2-16(8-19(18)31-20)30-24(33)10-29)25-17-9-22-21(37-12-38-22)6-13(17)4-15-11-36-28(34)26(15)25/h2-3,5-9,15,25-26H,4,10-12H2,1H3,(H,30,33)/t15-,25+,26-/m0/s1. The second-order valence-corrected chi connectivity index (χ2v) is 9.97. The molecule has 1 fully saturated rings. The van der Waals surface area contributed by atoms with E-state index in [1.165, 1.54) is 0 Å². The number of cyclic esters (lactones) is 1. The summed E-state index contributed by atoms with van der Waals surface area (Å²) in [5, 5.41) is 2.74. The predicted octanol–water partition coefficient (Wildman–Crippen LogP) is 4.17. The number of fused-ring (bicyclic) bond motifs is 5. The zero-order chi connectivity index (χ0) is 26.0. The zero-order valence-corrected chi connectivity index (χ0v) is 21.1. The van der Waals surface area contributed by atoms with E-state index in [0.29, 0.717) is 45.9 Å². The molecule has 0 bridgehead atoms. The summed E-state index contributed by atoms with van der Waals surface area (Å²) >= 11 is 5.64. The smallest absolute Gasteiger partial charge is 0.310 e. The van der Waals surface area contributed by atoms with Gasteiger partial charge in [-0.25, -0.2) is 9.97 Å². The topological polar surface area (TPSA) is 109 Å². The lowest BCUT2D eigenvalue weighted by atomic mass is 9.67. The first-order valence-electron chi connectivity index (χ1n) is 12.3. The first kappa shape index (κ1) is 23.0. The Morgan fingerprint density at radius 2 is 1.89 bits per heavy atom. The number of carbonyl (C=O) groups excluding carboxylic acids is 2. The Kier molecular flexibility index (Phi) is 5.29. The number of methoxy groups -OCH3 is 1. The molecule has 1 aromatic heterocycles. The molecule has 0 spiro atoms. The van der Waals surface area contributed by atoms with Crippen LogP contribution in [0.15, 0.2) is 42.5 Å². The monoisotopic (exact) mass is 531 g/mol. The van der Waals surface area contributed by atoms with Crippen LogP contribution in [0.2, 0.25) is 0 Å². The normalized spacial score (nSPS) is 21.2. The van der Waals surface area contributed by atoms with Crippen molar-refractivity contribution in [1.29, 1.82) is 0 Å². The maximum Gasteiger partial charge on any atom is 0.310 e.